The number of aromatic nitrogens is 2. The van der Waals surface area contributed by atoms with Crippen LogP contribution in [0.1, 0.15) is 24.4 Å². The highest BCUT2D eigenvalue weighted by Crippen LogP contribution is 2.24. The number of fused-ring (bicyclic) bond motifs is 1. The van der Waals surface area contributed by atoms with Gasteiger partial charge >= 0.3 is 0 Å². The van der Waals surface area contributed by atoms with Crippen molar-refractivity contribution < 1.29 is 10.2 Å². The molecule has 1 atom stereocenters. The summed E-state index contributed by atoms with van der Waals surface area (Å²) in [4.78, 5) is 6.78. The van der Waals surface area contributed by atoms with Crippen molar-refractivity contribution in [3.8, 4) is 0 Å². The van der Waals surface area contributed by atoms with Crippen molar-refractivity contribution in [1.29, 1.82) is 0 Å². The fraction of sp³-hybridized carbons (Fsp3) is 0.533. The van der Waals surface area contributed by atoms with Crippen molar-refractivity contribution in [1.82, 2.24) is 14.5 Å². The van der Waals surface area contributed by atoms with Crippen molar-refractivity contribution in [3.63, 3.8) is 0 Å². The van der Waals surface area contributed by atoms with Gasteiger partial charge in [-0.2, -0.15) is 0 Å². The highest BCUT2D eigenvalue weighted by molar-refractivity contribution is 5.77. The summed E-state index contributed by atoms with van der Waals surface area (Å²) in [6, 6.07) is 6.26. The van der Waals surface area contributed by atoms with Crippen LogP contribution in [-0.4, -0.2) is 51.5 Å². The maximum atomic E-state index is 9.30. The van der Waals surface area contributed by atoms with Crippen LogP contribution in [0.15, 0.2) is 18.2 Å². The first-order valence-electron chi connectivity index (χ1n) is 6.97. The highest BCUT2D eigenvalue weighted by Gasteiger charge is 2.19. The molecule has 2 rings (SSSR count). The smallest absolute Gasteiger partial charge is 0.127 e. The van der Waals surface area contributed by atoms with Crippen LogP contribution >= 0.6 is 0 Å². The van der Waals surface area contributed by atoms with E-state index in [0.29, 0.717) is 13.1 Å². The van der Waals surface area contributed by atoms with E-state index >= 15 is 0 Å². The lowest BCUT2D eigenvalue weighted by molar-refractivity contribution is 0.180. The maximum absolute atomic E-state index is 9.30. The van der Waals surface area contributed by atoms with E-state index in [1.807, 2.05) is 14.0 Å². The summed E-state index contributed by atoms with van der Waals surface area (Å²) in [7, 11) is 1.97. The Labute approximate surface area is 119 Å². The van der Waals surface area contributed by atoms with Crippen LogP contribution in [0.25, 0.3) is 11.0 Å². The lowest BCUT2D eigenvalue weighted by Crippen LogP contribution is -2.28. The third-order valence-electron chi connectivity index (χ3n) is 3.74. The lowest BCUT2D eigenvalue weighted by atomic mass is 10.2. The molecule has 110 valence electrons. The molecule has 0 radical (unpaired) electrons. The van der Waals surface area contributed by atoms with Crippen molar-refractivity contribution in [2.75, 3.05) is 26.8 Å². The topological polar surface area (TPSA) is 61.5 Å². The van der Waals surface area contributed by atoms with Crippen molar-refractivity contribution in [2.24, 2.45) is 0 Å². The van der Waals surface area contributed by atoms with E-state index in [9.17, 15) is 5.11 Å². The van der Waals surface area contributed by atoms with Gasteiger partial charge in [-0.25, -0.2) is 4.98 Å². The van der Waals surface area contributed by atoms with Crippen LogP contribution in [-0.2, 0) is 6.54 Å². The molecule has 1 aromatic carbocycles. The van der Waals surface area contributed by atoms with Crippen molar-refractivity contribution >= 4 is 11.0 Å². The van der Waals surface area contributed by atoms with Gasteiger partial charge in [0.15, 0.2) is 0 Å². The van der Waals surface area contributed by atoms with Gasteiger partial charge in [0.05, 0.1) is 30.3 Å². The standard InChI is InChI=1S/C15H23N3O2/c1-11-4-5-14-13(10-11)16-15(18(14)7-9-20)12(2)17(3)6-8-19/h4-5,10,12,19-20H,6-9H2,1-3H3. The van der Waals surface area contributed by atoms with Gasteiger partial charge in [-0.1, -0.05) is 6.07 Å². The molecular weight excluding hydrogens is 254 g/mol. The van der Waals surface area contributed by atoms with E-state index in [2.05, 4.69) is 34.6 Å². The molecule has 2 aromatic rings. The number of hydrogen-bond acceptors (Lipinski definition) is 4. The Kier molecular flexibility index (Phi) is 4.75. The third-order valence-corrected chi connectivity index (χ3v) is 3.74. The molecule has 0 aliphatic carbocycles. The second kappa shape index (κ2) is 6.35. The normalized spacial score (nSPS) is 13.3. The fourth-order valence-corrected chi connectivity index (χ4v) is 2.46. The minimum absolute atomic E-state index is 0.0846. The molecule has 0 saturated heterocycles. The number of nitrogens with zero attached hydrogens (tertiary/aromatic N) is 3. The number of likely N-dealkylation sites (N-methyl/N-ethyl adjacent to an activating group) is 1. The molecule has 0 amide bonds. The van der Waals surface area contributed by atoms with Gasteiger partial charge in [0.1, 0.15) is 5.82 Å². The summed E-state index contributed by atoms with van der Waals surface area (Å²) >= 11 is 0. The zero-order valence-electron chi connectivity index (χ0n) is 12.4. The summed E-state index contributed by atoms with van der Waals surface area (Å²) in [5.41, 5.74) is 3.18. The van der Waals surface area contributed by atoms with Crippen molar-refractivity contribution in [3.05, 3.63) is 29.6 Å². The lowest BCUT2D eigenvalue weighted by Gasteiger charge is -2.24. The second-order valence-corrected chi connectivity index (χ2v) is 5.22. The van der Waals surface area contributed by atoms with E-state index in [4.69, 9.17) is 10.1 Å². The minimum atomic E-state index is 0.0846. The molecule has 0 spiro atoms. The molecule has 0 aliphatic heterocycles. The van der Waals surface area contributed by atoms with E-state index in [1.165, 1.54) is 5.56 Å². The predicted octanol–water partition coefficient (Wildman–Crippen LogP) is 1.32. The number of aliphatic hydroxyl groups excluding tert-OH is 2. The zero-order chi connectivity index (χ0) is 14.7. The van der Waals surface area contributed by atoms with Crippen LogP contribution < -0.4 is 0 Å². The summed E-state index contributed by atoms with van der Waals surface area (Å²) in [5.74, 6) is 0.926. The molecule has 1 unspecified atom stereocenters. The molecule has 5 heteroatoms. The van der Waals surface area contributed by atoms with Crippen LogP contribution in [0.5, 0.6) is 0 Å². The molecular formula is C15H23N3O2. The van der Waals surface area contributed by atoms with Crippen LogP contribution in [0.3, 0.4) is 0 Å². The molecule has 5 nitrogen and oxygen atoms in total. The number of imidazole rings is 1. The monoisotopic (exact) mass is 277 g/mol. The van der Waals surface area contributed by atoms with E-state index in [-0.39, 0.29) is 19.3 Å². The van der Waals surface area contributed by atoms with Crippen molar-refractivity contribution in [2.45, 2.75) is 26.4 Å². The first-order valence-corrected chi connectivity index (χ1v) is 6.97. The summed E-state index contributed by atoms with van der Waals surface area (Å²) < 4.78 is 2.06. The Morgan fingerprint density at radius 2 is 2.05 bits per heavy atom. The average molecular weight is 277 g/mol. The minimum Gasteiger partial charge on any atom is -0.395 e. The molecule has 0 saturated carbocycles. The Morgan fingerprint density at radius 1 is 1.30 bits per heavy atom. The predicted molar refractivity (Wildman–Crippen MR) is 79.7 cm³/mol. The van der Waals surface area contributed by atoms with Gasteiger partial charge < -0.3 is 14.8 Å². The van der Waals surface area contributed by atoms with E-state index in [0.717, 1.165) is 16.9 Å². The van der Waals surface area contributed by atoms with Gasteiger partial charge in [0, 0.05) is 13.1 Å². The van der Waals surface area contributed by atoms with Crippen LogP contribution in [0.4, 0.5) is 0 Å². The Morgan fingerprint density at radius 3 is 2.70 bits per heavy atom. The van der Waals surface area contributed by atoms with E-state index < -0.39 is 0 Å². The highest BCUT2D eigenvalue weighted by atomic mass is 16.3. The molecule has 0 fully saturated rings. The first kappa shape index (κ1) is 15.0. The maximum Gasteiger partial charge on any atom is 0.127 e. The Hall–Kier alpha value is -1.43. The number of hydrogen-bond donors (Lipinski definition) is 2. The third kappa shape index (κ3) is 2.85. The zero-order valence-corrected chi connectivity index (χ0v) is 12.4. The molecule has 0 bridgehead atoms. The van der Waals surface area contributed by atoms with Crippen LogP contribution in [0, 0.1) is 6.92 Å². The van der Waals surface area contributed by atoms with Gasteiger partial charge in [0.25, 0.3) is 0 Å². The quantitative estimate of drug-likeness (QED) is 0.836. The number of aryl methyl sites for hydroxylation is 1. The molecule has 1 aromatic heterocycles. The molecule has 20 heavy (non-hydrogen) atoms. The molecule has 1 heterocycles. The second-order valence-electron chi connectivity index (χ2n) is 5.22. The number of benzene rings is 1. The van der Waals surface area contributed by atoms with Gasteiger partial charge in [-0.15, -0.1) is 0 Å². The fourth-order valence-electron chi connectivity index (χ4n) is 2.46. The SMILES string of the molecule is Cc1ccc2c(c1)nc(C(C)N(C)CCO)n2CCO. The largest absolute Gasteiger partial charge is 0.395 e. The molecule has 0 aliphatic rings. The summed E-state index contributed by atoms with van der Waals surface area (Å²) in [5, 5.41) is 18.4. The Bertz CT molecular complexity index is 580. The molecule has 2 N–H and O–H groups in total. The Balaban J connectivity index is 2.47. The van der Waals surface area contributed by atoms with Gasteiger partial charge in [-0.05, 0) is 38.6 Å². The van der Waals surface area contributed by atoms with E-state index in [1.54, 1.807) is 0 Å². The average Bonchev–Trinajstić information content (AvgIpc) is 2.76. The summed E-state index contributed by atoms with van der Waals surface area (Å²) in [6.07, 6.45) is 0. The van der Waals surface area contributed by atoms with Crippen LogP contribution in [0.2, 0.25) is 0 Å². The van der Waals surface area contributed by atoms with Gasteiger partial charge in [-0.3, -0.25) is 4.90 Å². The number of rotatable bonds is 6. The van der Waals surface area contributed by atoms with Gasteiger partial charge in [0.2, 0.25) is 0 Å². The first-order chi connectivity index (χ1) is 9.58. The summed E-state index contributed by atoms with van der Waals surface area (Å²) in [6.45, 7) is 5.46. The number of aliphatic hydroxyl groups is 2.